The average molecular weight is 277 g/mol. The lowest BCUT2D eigenvalue weighted by Crippen LogP contribution is -2.35. The van der Waals surface area contributed by atoms with E-state index in [0.29, 0.717) is 11.6 Å². The van der Waals surface area contributed by atoms with Gasteiger partial charge in [0.05, 0.1) is 6.33 Å². The van der Waals surface area contributed by atoms with Crippen molar-refractivity contribution < 1.29 is 0 Å². The highest BCUT2D eigenvalue weighted by atomic mass is 15.2. The first-order valence-electron chi connectivity index (χ1n) is 6.83. The minimum Gasteiger partial charge on any atom is -0.368 e. The molecular formula is C13H23N7. The van der Waals surface area contributed by atoms with Crippen LogP contribution in [0, 0.1) is 5.92 Å². The van der Waals surface area contributed by atoms with Gasteiger partial charge in [-0.1, -0.05) is 13.8 Å². The van der Waals surface area contributed by atoms with E-state index in [1.807, 2.05) is 0 Å². The molecule has 20 heavy (non-hydrogen) atoms. The summed E-state index contributed by atoms with van der Waals surface area (Å²) < 4.78 is 0. The molecule has 0 atom stereocenters. The molecule has 0 aromatic carbocycles. The Kier molecular flexibility index (Phi) is 4.39. The van der Waals surface area contributed by atoms with Crippen molar-refractivity contribution in [2.24, 2.45) is 5.92 Å². The summed E-state index contributed by atoms with van der Waals surface area (Å²) >= 11 is 0. The molecule has 3 N–H and O–H groups in total. The van der Waals surface area contributed by atoms with Crippen LogP contribution in [0.15, 0.2) is 6.33 Å². The van der Waals surface area contributed by atoms with Crippen LogP contribution >= 0.6 is 0 Å². The van der Waals surface area contributed by atoms with Crippen molar-refractivity contribution in [1.29, 1.82) is 0 Å². The number of aromatic nitrogens is 4. The van der Waals surface area contributed by atoms with E-state index in [2.05, 4.69) is 57.7 Å². The highest BCUT2D eigenvalue weighted by Crippen LogP contribution is 2.22. The summed E-state index contributed by atoms with van der Waals surface area (Å²) in [7, 11) is 4.13. The third-order valence-corrected chi connectivity index (χ3v) is 2.99. The molecule has 0 aliphatic carbocycles. The van der Waals surface area contributed by atoms with E-state index in [4.69, 9.17) is 5.73 Å². The van der Waals surface area contributed by atoms with E-state index in [1.165, 1.54) is 0 Å². The highest BCUT2D eigenvalue weighted by molar-refractivity contribution is 5.84. The number of imidazole rings is 1. The molecule has 0 fully saturated rings. The fourth-order valence-electron chi connectivity index (χ4n) is 2.11. The van der Waals surface area contributed by atoms with Gasteiger partial charge in [0.2, 0.25) is 5.95 Å². The van der Waals surface area contributed by atoms with Crippen LogP contribution in [0.4, 0.5) is 11.8 Å². The number of fused-ring (bicyclic) bond motifs is 1. The van der Waals surface area contributed by atoms with Gasteiger partial charge < -0.3 is 20.5 Å². The van der Waals surface area contributed by atoms with Gasteiger partial charge >= 0.3 is 0 Å². The summed E-state index contributed by atoms with van der Waals surface area (Å²) in [6.07, 6.45) is 1.63. The summed E-state index contributed by atoms with van der Waals surface area (Å²) in [5, 5.41) is 0. The second-order valence-electron chi connectivity index (χ2n) is 5.65. The lowest BCUT2D eigenvalue weighted by Gasteiger charge is -2.27. The number of hydrogen-bond acceptors (Lipinski definition) is 6. The number of nitrogens with one attached hydrogen (secondary N) is 1. The molecule has 0 spiro atoms. The van der Waals surface area contributed by atoms with Gasteiger partial charge in [0, 0.05) is 19.6 Å². The van der Waals surface area contributed by atoms with Crippen molar-refractivity contribution in [2.75, 3.05) is 44.4 Å². The van der Waals surface area contributed by atoms with Gasteiger partial charge in [-0.3, -0.25) is 0 Å². The normalized spacial score (nSPS) is 11.7. The van der Waals surface area contributed by atoms with Crippen LogP contribution in [0.2, 0.25) is 0 Å². The molecule has 0 amide bonds. The Morgan fingerprint density at radius 2 is 2.00 bits per heavy atom. The van der Waals surface area contributed by atoms with Crippen LogP contribution in [0.1, 0.15) is 13.8 Å². The Bertz CT molecular complexity index is 561. The van der Waals surface area contributed by atoms with Crippen LogP contribution in [0.5, 0.6) is 0 Å². The van der Waals surface area contributed by atoms with E-state index >= 15 is 0 Å². The van der Waals surface area contributed by atoms with Crippen molar-refractivity contribution in [3.05, 3.63) is 6.33 Å². The van der Waals surface area contributed by atoms with Crippen molar-refractivity contribution in [3.8, 4) is 0 Å². The van der Waals surface area contributed by atoms with Crippen molar-refractivity contribution in [2.45, 2.75) is 13.8 Å². The second kappa shape index (κ2) is 6.04. The Hall–Kier alpha value is -1.89. The van der Waals surface area contributed by atoms with Crippen molar-refractivity contribution >= 4 is 22.9 Å². The number of hydrogen-bond donors (Lipinski definition) is 2. The number of nitrogen functional groups attached to an aromatic ring is 1. The number of anilines is 2. The van der Waals surface area contributed by atoms with Gasteiger partial charge in [0.25, 0.3) is 0 Å². The first-order valence-corrected chi connectivity index (χ1v) is 6.83. The molecule has 7 heteroatoms. The van der Waals surface area contributed by atoms with Crippen LogP contribution in [0.25, 0.3) is 11.2 Å². The van der Waals surface area contributed by atoms with E-state index in [9.17, 15) is 0 Å². The van der Waals surface area contributed by atoms with Gasteiger partial charge in [-0.2, -0.15) is 9.97 Å². The molecule has 2 aromatic heterocycles. The number of nitrogens with zero attached hydrogens (tertiary/aromatic N) is 5. The molecular weight excluding hydrogens is 254 g/mol. The zero-order valence-electron chi connectivity index (χ0n) is 12.6. The monoisotopic (exact) mass is 277 g/mol. The molecule has 0 unspecified atom stereocenters. The van der Waals surface area contributed by atoms with Crippen LogP contribution in [0.3, 0.4) is 0 Å². The molecule has 0 radical (unpaired) electrons. The lowest BCUT2D eigenvalue weighted by molar-refractivity contribution is 0.408. The Balaban J connectivity index is 2.36. The summed E-state index contributed by atoms with van der Waals surface area (Å²) in [6, 6.07) is 0. The smallest absolute Gasteiger partial charge is 0.224 e. The largest absolute Gasteiger partial charge is 0.368 e. The van der Waals surface area contributed by atoms with Gasteiger partial charge in [-0.25, -0.2) is 4.98 Å². The maximum atomic E-state index is 5.80. The Labute approximate surface area is 119 Å². The van der Waals surface area contributed by atoms with Gasteiger partial charge in [0.15, 0.2) is 11.5 Å². The molecule has 2 aromatic rings. The van der Waals surface area contributed by atoms with Crippen LogP contribution in [-0.2, 0) is 0 Å². The molecule has 2 heterocycles. The van der Waals surface area contributed by atoms with E-state index in [-0.39, 0.29) is 5.95 Å². The maximum Gasteiger partial charge on any atom is 0.224 e. The zero-order valence-corrected chi connectivity index (χ0v) is 12.6. The molecule has 0 saturated carbocycles. The topological polar surface area (TPSA) is 87.0 Å². The minimum absolute atomic E-state index is 0.262. The molecule has 0 saturated heterocycles. The van der Waals surface area contributed by atoms with Crippen molar-refractivity contribution in [1.82, 2.24) is 24.8 Å². The summed E-state index contributed by atoms with van der Waals surface area (Å²) in [5.41, 5.74) is 7.26. The van der Waals surface area contributed by atoms with Crippen LogP contribution in [-0.4, -0.2) is 58.6 Å². The summed E-state index contributed by atoms with van der Waals surface area (Å²) in [6.45, 7) is 7.13. The predicted octanol–water partition coefficient (Wildman–Crippen LogP) is 0.959. The maximum absolute atomic E-state index is 5.80. The Morgan fingerprint density at radius 1 is 1.25 bits per heavy atom. The summed E-state index contributed by atoms with van der Waals surface area (Å²) in [4.78, 5) is 20.2. The second-order valence-corrected chi connectivity index (χ2v) is 5.65. The first-order chi connectivity index (χ1) is 9.47. The number of H-pyrrole nitrogens is 1. The Morgan fingerprint density at radius 3 is 2.65 bits per heavy atom. The van der Waals surface area contributed by atoms with E-state index in [1.54, 1.807) is 6.33 Å². The molecule has 110 valence electrons. The van der Waals surface area contributed by atoms with E-state index in [0.717, 1.165) is 31.0 Å². The third-order valence-electron chi connectivity index (χ3n) is 2.99. The first kappa shape index (κ1) is 14.5. The third kappa shape index (κ3) is 3.36. The fraction of sp³-hybridized carbons (Fsp3) is 0.615. The SMILES string of the molecule is CC(C)CN(CCN(C)C)c1nc(N)nc2nc[nH]c12. The zero-order chi connectivity index (χ0) is 14.7. The van der Waals surface area contributed by atoms with Gasteiger partial charge in [-0.15, -0.1) is 0 Å². The van der Waals surface area contributed by atoms with Crippen molar-refractivity contribution in [3.63, 3.8) is 0 Å². The molecule has 2 rings (SSSR count). The molecule has 0 aliphatic heterocycles. The van der Waals surface area contributed by atoms with E-state index < -0.39 is 0 Å². The number of likely N-dealkylation sites (N-methyl/N-ethyl adjacent to an activating group) is 1. The standard InChI is InChI=1S/C13H23N7/c1-9(2)7-20(6-5-19(3)4)12-10-11(16-8-15-10)17-13(14)18-12/h8-9H,5-7H2,1-4H3,(H3,14,15,16,17,18). The number of nitrogens with two attached hydrogens (primary N) is 1. The quantitative estimate of drug-likeness (QED) is 0.818. The molecule has 0 bridgehead atoms. The minimum atomic E-state index is 0.262. The molecule has 7 nitrogen and oxygen atoms in total. The van der Waals surface area contributed by atoms with Gasteiger partial charge in [-0.05, 0) is 20.0 Å². The predicted molar refractivity (Wildman–Crippen MR) is 81.7 cm³/mol. The molecule has 0 aliphatic rings. The average Bonchev–Trinajstić information content (AvgIpc) is 2.80. The lowest BCUT2D eigenvalue weighted by atomic mass is 10.2. The van der Waals surface area contributed by atoms with Crippen LogP contribution < -0.4 is 10.6 Å². The number of aromatic amines is 1. The number of rotatable bonds is 6. The summed E-state index contributed by atoms with van der Waals surface area (Å²) in [5.74, 6) is 1.63. The fourth-order valence-corrected chi connectivity index (χ4v) is 2.11. The van der Waals surface area contributed by atoms with Gasteiger partial charge in [0.1, 0.15) is 5.52 Å². The highest BCUT2D eigenvalue weighted by Gasteiger charge is 2.16.